The van der Waals surface area contributed by atoms with Crippen LogP contribution in [0.2, 0.25) is 0 Å². The summed E-state index contributed by atoms with van der Waals surface area (Å²) in [6, 6.07) is 82.2. The first-order chi connectivity index (χ1) is 46.0. The van der Waals surface area contributed by atoms with Crippen LogP contribution in [0.3, 0.4) is 0 Å². The van der Waals surface area contributed by atoms with E-state index in [1.807, 2.05) is 6.07 Å². The van der Waals surface area contributed by atoms with Crippen molar-refractivity contribution in [2.45, 2.75) is 120 Å². The molecule has 0 radical (unpaired) electrons. The first kappa shape index (κ1) is 63.7. The second kappa shape index (κ2) is 25.5. The molecule has 1 aliphatic rings. The second-order valence-electron chi connectivity index (χ2n) is 27.7. The summed E-state index contributed by atoms with van der Waals surface area (Å²) in [5.41, 5.74) is 33.9. The largest absolute Gasteiger partial charge is 0.507 e. The van der Waals surface area contributed by atoms with Crippen molar-refractivity contribution in [2.75, 3.05) is 0 Å². The molecule has 96 heavy (non-hydrogen) atoms. The summed E-state index contributed by atoms with van der Waals surface area (Å²) in [5, 5.41) is 13.7. The van der Waals surface area contributed by atoms with Crippen molar-refractivity contribution in [1.82, 2.24) is 14.5 Å². The number of aromatic hydroxyl groups is 1. The average molecular weight is 1430 g/mol. The SMILES string of the molecule is Cc1cc(C)cc(-c2cccc(-c3ccccc3)c2-c2[c-]c(-c3c(-c4c(-c5c(C(C)C)cccc5C(C)C)cccc4-c4c(C(C)C)cccc4C(C)C)ccc4c3nc(-c3ccc5c(n3)-c3c(O)cccc3CC5)n4-c3c(C)cccc3C)cc3oc4ccccc4c23)c1.[Pt]. The summed E-state index contributed by atoms with van der Waals surface area (Å²) in [4.78, 5) is 11.8. The van der Waals surface area contributed by atoms with E-state index in [9.17, 15) is 5.11 Å². The zero-order valence-corrected chi connectivity index (χ0v) is 59.2. The first-order valence-electron chi connectivity index (χ1n) is 34.0. The fourth-order valence-electron chi connectivity index (χ4n) is 15.7. The van der Waals surface area contributed by atoms with Crippen LogP contribution in [0.4, 0.5) is 0 Å². The van der Waals surface area contributed by atoms with E-state index in [0.29, 0.717) is 11.5 Å². The molecule has 0 bridgehead atoms. The summed E-state index contributed by atoms with van der Waals surface area (Å²) in [6.45, 7) is 27.5. The molecule has 0 unspecified atom stereocenters. The minimum absolute atomic E-state index is 0. The maximum atomic E-state index is 11.7. The van der Waals surface area contributed by atoms with Gasteiger partial charge in [0.1, 0.15) is 17.0 Å². The normalized spacial score (nSPS) is 12.2. The van der Waals surface area contributed by atoms with Gasteiger partial charge in [0.25, 0.3) is 0 Å². The van der Waals surface area contributed by atoms with E-state index in [1.54, 1.807) is 6.07 Å². The minimum Gasteiger partial charge on any atom is -0.507 e. The van der Waals surface area contributed by atoms with Crippen LogP contribution in [0.25, 0.3) is 139 Å². The third-order valence-electron chi connectivity index (χ3n) is 20.0. The molecule has 0 spiro atoms. The van der Waals surface area contributed by atoms with Gasteiger partial charge in [-0.3, -0.25) is 4.57 Å². The molecule has 1 aliphatic carbocycles. The number of nitrogens with zero attached hydrogens (tertiary/aromatic N) is 3. The Balaban J connectivity index is 0.00000792. The fraction of sp³-hybridized carbons (Fsp3) is 0.200. The number of phenolic OH excluding ortho intramolecular Hbond substituents is 1. The van der Waals surface area contributed by atoms with Crippen molar-refractivity contribution in [3.05, 3.63) is 274 Å². The van der Waals surface area contributed by atoms with Crippen molar-refractivity contribution in [3.63, 3.8) is 0 Å². The van der Waals surface area contributed by atoms with Gasteiger partial charge in [-0.1, -0.05) is 260 Å². The molecule has 3 heterocycles. The van der Waals surface area contributed by atoms with E-state index >= 15 is 0 Å². The van der Waals surface area contributed by atoms with Gasteiger partial charge in [0.15, 0.2) is 5.82 Å². The number of hydrogen-bond donors (Lipinski definition) is 1. The number of aromatic nitrogens is 3. The van der Waals surface area contributed by atoms with E-state index in [2.05, 4.69) is 294 Å². The monoisotopic (exact) mass is 1430 g/mol. The van der Waals surface area contributed by atoms with Gasteiger partial charge in [0, 0.05) is 26.6 Å². The van der Waals surface area contributed by atoms with Gasteiger partial charge in [-0.15, -0.1) is 17.2 Å². The minimum atomic E-state index is 0. The maximum absolute atomic E-state index is 11.7. The molecule has 5 nitrogen and oxygen atoms in total. The van der Waals surface area contributed by atoms with E-state index in [4.69, 9.17) is 14.4 Å². The van der Waals surface area contributed by atoms with Crippen molar-refractivity contribution < 1.29 is 30.6 Å². The second-order valence-corrected chi connectivity index (χ2v) is 27.7. The van der Waals surface area contributed by atoms with Crippen LogP contribution in [0, 0.1) is 33.8 Å². The molecule has 15 rings (SSSR count). The van der Waals surface area contributed by atoms with Crippen LogP contribution in [0.15, 0.2) is 217 Å². The van der Waals surface area contributed by atoms with Gasteiger partial charge < -0.3 is 9.52 Å². The van der Waals surface area contributed by atoms with Gasteiger partial charge >= 0.3 is 0 Å². The Kier molecular flexibility index (Phi) is 16.9. The zero-order valence-electron chi connectivity index (χ0n) is 56.9. The Morgan fingerprint density at radius 3 is 1.60 bits per heavy atom. The molecule has 11 aromatic carbocycles. The van der Waals surface area contributed by atoms with E-state index < -0.39 is 0 Å². The number of furan rings is 1. The predicted molar refractivity (Wildman–Crippen MR) is 398 cm³/mol. The van der Waals surface area contributed by atoms with Crippen molar-refractivity contribution in [3.8, 4) is 112 Å². The Morgan fingerprint density at radius 1 is 0.438 bits per heavy atom. The van der Waals surface area contributed by atoms with Crippen LogP contribution >= 0.6 is 0 Å². The smallest absolute Gasteiger partial charge is 0.163 e. The molecular formula is C90H80N3O2Pt-. The number of pyridine rings is 1. The Labute approximate surface area is 579 Å². The molecule has 478 valence electrons. The summed E-state index contributed by atoms with van der Waals surface area (Å²) in [6.07, 6.45) is 1.64. The number of para-hydroxylation sites is 2. The number of hydrogen-bond acceptors (Lipinski definition) is 4. The first-order valence-corrected chi connectivity index (χ1v) is 34.0. The molecule has 6 heteroatoms. The molecule has 0 aliphatic heterocycles. The molecule has 1 N–H and O–H groups in total. The molecule has 0 fully saturated rings. The Morgan fingerprint density at radius 2 is 0.979 bits per heavy atom. The Bertz CT molecular complexity index is 5210. The molecular weight excluding hydrogens is 1350 g/mol. The average Bonchev–Trinajstić information content (AvgIpc) is 1.35. The van der Waals surface area contributed by atoms with Gasteiger partial charge in [0.05, 0.1) is 28.0 Å². The van der Waals surface area contributed by atoms with Crippen LogP contribution in [0.5, 0.6) is 5.75 Å². The van der Waals surface area contributed by atoms with Gasteiger partial charge in [0.2, 0.25) is 0 Å². The fourth-order valence-corrected chi connectivity index (χ4v) is 15.7. The molecule has 14 aromatic rings. The van der Waals surface area contributed by atoms with Gasteiger partial charge in [-0.05, 0) is 205 Å². The molecule has 0 amide bonds. The summed E-state index contributed by atoms with van der Waals surface area (Å²) >= 11 is 0. The standard InChI is InChI=1S/C90H80N3O2.Pt/c1-51(2)64-30-20-31-65(52(3)4)82(64)71-36-23-37-72(83-66(53(5)6)32-21-33-67(83)54(7)8)85(71)73-43-45-76-88(92-90(93(76)89-57(11)24-18-25-58(89)12)75-44-42-61-41-40-60-28-19-38-77(94)81(60)87(61)91-75)80(73)63-49-74(86-70-29-16-17-39-78(70)95-79(86)50-63)84-68(59-26-14-13-15-27-59)34-22-35-69(84)62-47-55(9)46-56(10)48-62;/h13-39,42-48,50-54,94H,40-41H2,1-12H3;/q-1;. The molecule has 0 saturated heterocycles. The molecule has 0 atom stereocenters. The van der Waals surface area contributed by atoms with Crippen LogP contribution < -0.4 is 0 Å². The topological polar surface area (TPSA) is 64.1 Å². The zero-order chi connectivity index (χ0) is 65.7. The predicted octanol–water partition coefficient (Wildman–Crippen LogP) is 24.7. The van der Waals surface area contributed by atoms with Crippen LogP contribution in [0.1, 0.15) is 135 Å². The van der Waals surface area contributed by atoms with Gasteiger partial charge in [-0.2, -0.15) is 0 Å². The number of imidazole rings is 1. The maximum Gasteiger partial charge on any atom is 0.163 e. The molecule has 0 saturated carbocycles. The van der Waals surface area contributed by atoms with E-state index in [0.717, 1.165) is 141 Å². The number of fused-ring (bicyclic) bond motifs is 7. The summed E-state index contributed by atoms with van der Waals surface area (Å²) in [7, 11) is 0. The van der Waals surface area contributed by atoms with Crippen LogP contribution in [-0.2, 0) is 33.9 Å². The third kappa shape index (κ3) is 10.8. The number of rotatable bonds is 13. The van der Waals surface area contributed by atoms with E-state index in [-0.39, 0.29) is 50.5 Å². The van der Waals surface area contributed by atoms with E-state index in [1.165, 1.54) is 55.6 Å². The van der Waals surface area contributed by atoms with Crippen molar-refractivity contribution in [2.24, 2.45) is 0 Å². The van der Waals surface area contributed by atoms with Crippen molar-refractivity contribution in [1.29, 1.82) is 0 Å². The number of benzene rings is 11. The van der Waals surface area contributed by atoms with Crippen LogP contribution in [-0.4, -0.2) is 19.6 Å². The van der Waals surface area contributed by atoms with Gasteiger partial charge in [-0.25, -0.2) is 9.97 Å². The number of phenols is 1. The molecule has 3 aromatic heterocycles. The third-order valence-corrected chi connectivity index (χ3v) is 20.0. The summed E-state index contributed by atoms with van der Waals surface area (Å²) in [5.74, 6) is 1.80. The summed E-state index contributed by atoms with van der Waals surface area (Å²) < 4.78 is 9.70. The van der Waals surface area contributed by atoms with Crippen molar-refractivity contribution >= 4 is 33.0 Å². The quantitative estimate of drug-likeness (QED) is 0.117. The number of aryl methyl sites for hydroxylation is 6. The Hall–Kier alpha value is -9.67.